The molecule has 59 heavy (non-hydrogen) atoms. The van der Waals surface area contributed by atoms with Crippen LogP contribution in [0.25, 0.3) is 0 Å². The van der Waals surface area contributed by atoms with Crippen molar-refractivity contribution in [1.29, 1.82) is 0 Å². The van der Waals surface area contributed by atoms with E-state index >= 15 is 0 Å². The lowest BCUT2D eigenvalue weighted by Gasteiger charge is -2.30. The summed E-state index contributed by atoms with van der Waals surface area (Å²) < 4.78 is 11.3. The van der Waals surface area contributed by atoms with Crippen LogP contribution in [0.2, 0.25) is 5.15 Å². The van der Waals surface area contributed by atoms with Crippen LogP contribution in [0.5, 0.6) is 23.0 Å². The van der Waals surface area contributed by atoms with Crippen LogP contribution in [0.15, 0.2) is 109 Å². The summed E-state index contributed by atoms with van der Waals surface area (Å²) >= 11 is 17.1. The van der Waals surface area contributed by atoms with Crippen molar-refractivity contribution in [2.24, 2.45) is 0 Å². The number of hydrogen-bond acceptors (Lipinski definition) is 12. The van der Waals surface area contributed by atoms with E-state index in [1.807, 2.05) is 78.9 Å². The van der Waals surface area contributed by atoms with E-state index in [-0.39, 0.29) is 0 Å². The summed E-state index contributed by atoms with van der Waals surface area (Å²) in [5, 5.41) is 29.5. The molecule has 0 unspecified atom stereocenters. The molecule has 2 aliphatic heterocycles. The van der Waals surface area contributed by atoms with Crippen molar-refractivity contribution in [2.75, 3.05) is 58.9 Å². The summed E-state index contributed by atoms with van der Waals surface area (Å²) in [6.07, 6.45) is 8.89. The first kappa shape index (κ1) is 42.9. The summed E-state index contributed by atoms with van der Waals surface area (Å²) in [4.78, 5) is 19.3. The number of fused-ring (bicyclic) bond motifs is 2. The molecule has 15 heteroatoms. The Hall–Kier alpha value is -5.69. The zero-order chi connectivity index (χ0) is 41.2. The minimum atomic E-state index is 0.339. The molecule has 4 heterocycles. The molecule has 0 spiro atoms. The van der Waals surface area contributed by atoms with Gasteiger partial charge in [0.05, 0.1) is 13.2 Å². The van der Waals surface area contributed by atoms with Gasteiger partial charge in [0.2, 0.25) is 11.9 Å². The van der Waals surface area contributed by atoms with Crippen molar-refractivity contribution in [3.63, 3.8) is 0 Å². The lowest BCUT2D eigenvalue weighted by Crippen LogP contribution is -2.25. The molecule has 0 bridgehead atoms. The third kappa shape index (κ3) is 12.9. The number of nitrogens with zero attached hydrogens (tertiary/aromatic N) is 5. The van der Waals surface area contributed by atoms with Gasteiger partial charge in [0, 0.05) is 83.3 Å². The number of halogens is 3. The molecular weight excluding hydrogens is 811 g/mol. The molecule has 4 aromatic carbocycles. The Kier molecular flexibility index (Phi) is 16.3. The van der Waals surface area contributed by atoms with E-state index in [0.29, 0.717) is 53.5 Å². The normalized spacial score (nSPS) is 12.6. The summed E-state index contributed by atoms with van der Waals surface area (Å²) in [6, 6.07) is 30.0. The zero-order valence-electron chi connectivity index (χ0n) is 32.5. The number of aromatic nitrogens is 4. The monoisotopic (exact) mass is 856 g/mol. The van der Waals surface area contributed by atoms with Gasteiger partial charge >= 0.3 is 0 Å². The Labute approximate surface area is 359 Å². The number of rotatable bonds is 13. The first-order valence-electron chi connectivity index (χ1n) is 19.5. The molecular formula is C44H47Cl3N8O4. The summed E-state index contributed by atoms with van der Waals surface area (Å²) in [6.45, 7) is 3.05. The van der Waals surface area contributed by atoms with E-state index in [1.54, 1.807) is 30.6 Å². The summed E-state index contributed by atoms with van der Waals surface area (Å²) in [5.41, 5.74) is 5.81. The molecule has 2 aliphatic rings. The minimum absolute atomic E-state index is 0.339. The Morgan fingerprint density at radius 1 is 0.678 bits per heavy atom. The predicted octanol–water partition coefficient (Wildman–Crippen LogP) is 10.6. The summed E-state index contributed by atoms with van der Waals surface area (Å²) in [5.74, 6) is 5.24. The topological polar surface area (TPSA) is 150 Å². The average molecular weight is 858 g/mol. The fourth-order valence-electron chi connectivity index (χ4n) is 6.37. The van der Waals surface area contributed by atoms with Gasteiger partial charge < -0.3 is 40.5 Å². The Balaban J connectivity index is 0.000000166. The van der Waals surface area contributed by atoms with Crippen LogP contribution in [-0.2, 0) is 12.8 Å². The highest BCUT2D eigenvalue weighted by molar-refractivity contribution is 6.29. The molecule has 12 nitrogen and oxygen atoms in total. The zero-order valence-corrected chi connectivity index (χ0v) is 34.7. The quantitative estimate of drug-likeness (QED) is 0.0427. The van der Waals surface area contributed by atoms with E-state index < -0.39 is 0 Å². The van der Waals surface area contributed by atoms with Crippen molar-refractivity contribution in [2.45, 2.75) is 38.5 Å². The van der Waals surface area contributed by atoms with Crippen LogP contribution in [0.4, 0.5) is 40.5 Å². The largest absolute Gasteiger partial charge is 0.508 e. The molecule has 2 aromatic heterocycles. The second-order valence-corrected chi connectivity index (χ2v) is 14.5. The predicted molar refractivity (Wildman–Crippen MR) is 239 cm³/mol. The standard InChI is InChI=1S/C22H23ClN4O2.C13H13Cl2N3O.C9H11NO/c23-11-4-14-29-17-6-1-5-16(15-17)25-22-24-12-10-21(26-22)27-13-3-7-18-19(27)8-2-9-20(18)28;14-6-2-8-19-11-4-1-3-10(9-11)17-13-16-7-5-12(15)18-13;11-9-5-1-4-8-7(9)3-2-6-10-8/h1-2,5-6,8-10,12,15,28H,3-4,7,11,13-14H2,(H,24,25,26);1,3-5,7,9H,2,6,8H2,(H,16,17,18);1,4-5,10-11H,2-3,6H2. The highest BCUT2D eigenvalue weighted by Crippen LogP contribution is 2.37. The second kappa shape index (κ2) is 22.5. The van der Waals surface area contributed by atoms with E-state index in [9.17, 15) is 10.2 Å². The van der Waals surface area contributed by atoms with Crippen LogP contribution in [0, 0.1) is 0 Å². The lowest BCUT2D eigenvalue weighted by atomic mass is 10.0. The number of phenolic OH excluding ortho intramolecular Hbond substituents is 2. The Morgan fingerprint density at radius 3 is 1.92 bits per heavy atom. The molecule has 0 radical (unpaired) electrons. The second-order valence-electron chi connectivity index (χ2n) is 13.4. The van der Waals surface area contributed by atoms with Crippen LogP contribution in [-0.4, -0.2) is 68.2 Å². The maximum atomic E-state index is 10.2. The highest BCUT2D eigenvalue weighted by Gasteiger charge is 2.22. The third-order valence-corrected chi connectivity index (χ3v) is 9.85. The van der Waals surface area contributed by atoms with Crippen molar-refractivity contribution >= 4 is 75.3 Å². The number of phenols is 2. The van der Waals surface area contributed by atoms with Gasteiger partial charge in [-0.25, -0.2) is 15.0 Å². The first-order chi connectivity index (χ1) is 28.9. The van der Waals surface area contributed by atoms with Gasteiger partial charge in [0.1, 0.15) is 34.0 Å². The van der Waals surface area contributed by atoms with Gasteiger partial charge in [0.25, 0.3) is 0 Å². The Bertz CT molecular complexity index is 2250. The number of hydrogen-bond donors (Lipinski definition) is 5. The molecule has 0 amide bonds. The Morgan fingerprint density at radius 2 is 1.27 bits per heavy atom. The van der Waals surface area contributed by atoms with Crippen LogP contribution in [0.1, 0.15) is 36.8 Å². The van der Waals surface area contributed by atoms with Gasteiger partial charge in [-0.2, -0.15) is 4.98 Å². The summed E-state index contributed by atoms with van der Waals surface area (Å²) in [7, 11) is 0. The van der Waals surface area contributed by atoms with Gasteiger partial charge in [-0.05, 0) is 99.2 Å². The van der Waals surface area contributed by atoms with Crippen LogP contribution >= 0.6 is 34.8 Å². The number of anilines is 7. The molecule has 8 rings (SSSR count). The molecule has 0 atom stereocenters. The first-order valence-corrected chi connectivity index (χ1v) is 20.9. The number of alkyl halides is 2. The van der Waals surface area contributed by atoms with E-state index in [2.05, 4.69) is 40.8 Å². The SMILES string of the molecule is ClCCCOc1cccc(Nc2nccc(Cl)n2)c1.Oc1cccc2c1CCCN2.Oc1cccc2c1CCCN2c1ccnc(Nc2cccc(OCCCCl)c2)n1. The van der Waals surface area contributed by atoms with E-state index in [4.69, 9.17) is 44.3 Å². The maximum Gasteiger partial charge on any atom is 0.229 e. The van der Waals surface area contributed by atoms with Crippen molar-refractivity contribution < 1.29 is 19.7 Å². The average Bonchev–Trinajstić information content (AvgIpc) is 3.25. The molecule has 6 aromatic rings. The molecule has 0 saturated heterocycles. The van der Waals surface area contributed by atoms with Crippen LogP contribution in [0.3, 0.4) is 0 Å². The molecule has 0 fully saturated rings. The van der Waals surface area contributed by atoms with Crippen LogP contribution < -0.4 is 30.3 Å². The number of nitrogens with one attached hydrogen (secondary N) is 3. The highest BCUT2D eigenvalue weighted by atomic mass is 35.5. The molecule has 5 N–H and O–H groups in total. The number of ether oxygens (including phenoxy) is 2. The van der Waals surface area contributed by atoms with Crippen molar-refractivity contribution in [3.8, 4) is 23.0 Å². The maximum absolute atomic E-state index is 10.2. The molecule has 308 valence electrons. The lowest BCUT2D eigenvalue weighted by molar-refractivity contribution is 0.318. The van der Waals surface area contributed by atoms with Crippen molar-refractivity contribution in [1.82, 2.24) is 19.9 Å². The number of benzene rings is 4. The molecule has 0 saturated carbocycles. The van der Waals surface area contributed by atoms with Gasteiger partial charge in [-0.1, -0.05) is 35.9 Å². The number of aromatic hydroxyl groups is 2. The van der Waals surface area contributed by atoms with Gasteiger partial charge in [0.15, 0.2) is 0 Å². The fourth-order valence-corrected chi connectivity index (χ4v) is 6.72. The fraction of sp³-hybridized carbons (Fsp3) is 0.273. The van der Waals surface area contributed by atoms with Gasteiger partial charge in [-0.15, -0.1) is 23.2 Å². The van der Waals surface area contributed by atoms with Crippen molar-refractivity contribution in [3.05, 3.63) is 126 Å². The molecule has 0 aliphatic carbocycles. The van der Waals surface area contributed by atoms with E-state index in [1.165, 1.54) is 0 Å². The van der Waals surface area contributed by atoms with E-state index in [0.717, 1.165) is 103 Å². The smallest absolute Gasteiger partial charge is 0.229 e. The van der Waals surface area contributed by atoms with Gasteiger partial charge in [-0.3, -0.25) is 0 Å². The minimum Gasteiger partial charge on any atom is -0.508 e. The third-order valence-electron chi connectivity index (χ3n) is 9.11.